The maximum atomic E-state index is 12.9. The van der Waals surface area contributed by atoms with E-state index in [2.05, 4.69) is 23.1 Å². The summed E-state index contributed by atoms with van der Waals surface area (Å²) in [6.07, 6.45) is 7.67. The lowest BCUT2D eigenvalue weighted by molar-refractivity contribution is -0.134. The van der Waals surface area contributed by atoms with Gasteiger partial charge >= 0.3 is 11.9 Å². The van der Waals surface area contributed by atoms with Crippen LogP contribution in [0.15, 0.2) is 71.7 Å². The molecule has 2 aromatic carbocycles. The molecular formula is C28H36FN3O5S. The fraction of sp³-hybridized carbons (Fsp3) is 0.393. The van der Waals surface area contributed by atoms with E-state index in [0.29, 0.717) is 24.8 Å². The minimum absolute atomic E-state index is 0.229. The van der Waals surface area contributed by atoms with Gasteiger partial charge in [0.05, 0.1) is 12.3 Å². The summed E-state index contributed by atoms with van der Waals surface area (Å²) in [6.45, 7) is 4.04. The average molecular weight is 546 g/mol. The lowest BCUT2D eigenvalue weighted by Crippen LogP contribution is -2.45. The van der Waals surface area contributed by atoms with Gasteiger partial charge in [-0.3, -0.25) is 0 Å². The van der Waals surface area contributed by atoms with Gasteiger partial charge in [-0.05, 0) is 74.9 Å². The number of para-hydroxylation sites is 1. The number of carboxylic acids is 2. The van der Waals surface area contributed by atoms with E-state index >= 15 is 0 Å². The number of amidine groups is 1. The van der Waals surface area contributed by atoms with Gasteiger partial charge < -0.3 is 24.7 Å². The number of hydrogen-bond donors (Lipinski definition) is 2. The number of hydrogen-bond acceptors (Lipinski definition) is 6. The van der Waals surface area contributed by atoms with Crippen LogP contribution in [0.5, 0.6) is 5.75 Å². The minimum atomic E-state index is -1.26. The van der Waals surface area contributed by atoms with Crippen LogP contribution in [0.25, 0.3) is 0 Å². The Morgan fingerprint density at radius 1 is 1.05 bits per heavy atom. The SMILES string of the molecule is CS/C(=N\c1ccccc1)N(C)C1CCN(CCCCOc2ccc(F)cc2)CC1.O=C(O)/C=C/C(=O)O. The van der Waals surface area contributed by atoms with E-state index in [1.807, 2.05) is 30.3 Å². The molecule has 8 nitrogen and oxygen atoms in total. The molecule has 2 N–H and O–H groups in total. The average Bonchev–Trinajstić information content (AvgIpc) is 2.92. The maximum absolute atomic E-state index is 12.9. The third-order valence-electron chi connectivity index (χ3n) is 5.89. The van der Waals surface area contributed by atoms with E-state index in [4.69, 9.17) is 19.9 Å². The van der Waals surface area contributed by atoms with Gasteiger partial charge in [0.15, 0.2) is 5.17 Å². The van der Waals surface area contributed by atoms with Crippen molar-refractivity contribution in [3.05, 3.63) is 72.6 Å². The van der Waals surface area contributed by atoms with E-state index in [1.165, 1.54) is 12.1 Å². The number of benzene rings is 2. The van der Waals surface area contributed by atoms with Gasteiger partial charge in [0.25, 0.3) is 0 Å². The fourth-order valence-electron chi connectivity index (χ4n) is 3.87. The van der Waals surface area contributed by atoms with Gasteiger partial charge in [-0.1, -0.05) is 30.0 Å². The molecule has 0 atom stereocenters. The number of carboxylic acid groups (broad SMARTS) is 2. The third-order valence-corrected chi connectivity index (χ3v) is 6.63. The van der Waals surface area contributed by atoms with Crippen molar-refractivity contribution in [1.82, 2.24) is 9.80 Å². The summed E-state index contributed by atoms with van der Waals surface area (Å²) in [5.74, 6) is -2.01. The summed E-state index contributed by atoms with van der Waals surface area (Å²) >= 11 is 1.71. The van der Waals surface area contributed by atoms with E-state index in [0.717, 1.165) is 61.9 Å². The molecule has 1 heterocycles. The standard InChI is InChI=1S/C24H32FN3OS.C4H4O4/c1-27(24(30-2)26-21-8-4-3-5-9-21)22-14-17-28(18-15-22)16-6-7-19-29-23-12-10-20(25)11-13-23;5-3(6)1-2-4(7)8/h3-5,8-13,22H,6-7,14-19H2,1-2H3;1-2H,(H,5,6)(H,7,8)/b26-24-;2-1+. The Bertz CT molecular complexity index is 1030. The first-order valence-electron chi connectivity index (χ1n) is 12.4. The number of rotatable bonds is 10. The van der Waals surface area contributed by atoms with Crippen LogP contribution in [0.1, 0.15) is 25.7 Å². The first-order valence-corrected chi connectivity index (χ1v) is 13.7. The minimum Gasteiger partial charge on any atom is -0.494 e. The number of carbonyl (C=O) groups is 2. The molecule has 1 aliphatic rings. The van der Waals surface area contributed by atoms with Crippen molar-refractivity contribution >= 4 is 34.6 Å². The Morgan fingerprint density at radius 3 is 2.21 bits per heavy atom. The number of aliphatic carboxylic acids is 2. The highest BCUT2D eigenvalue weighted by molar-refractivity contribution is 8.13. The molecule has 0 aliphatic carbocycles. The van der Waals surface area contributed by atoms with E-state index in [9.17, 15) is 14.0 Å². The zero-order chi connectivity index (χ0) is 27.8. The molecule has 0 bridgehead atoms. The zero-order valence-corrected chi connectivity index (χ0v) is 22.6. The summed E-state index contributed by atoms with van der Waals surface area (Å²) in [7, 11) is 2.17. The van der Waals surface area contributed by atoms with E-state index < -0.39 is 11.9 Å². The van der Waals surface area contributed by atoms with Gasteiger partial charge in [-0.2, -0.15) is 0 Å². The Kier molecular flexibility index (Phi) is 14.0. The molecule has 1 saturated heterocycles. The van der Waals surface area contributed by atoms with Crippen LogP contribution in [-0.2, 0) is 9.59 Å². The summed E-state index contributed by atoms with van der Waals surface area (Å²) < 4.78 is 18.6. The lowest BCUT2D eigenvalue weighted by Gasteiger charge is -2.37. The molecule has 1 aliphatic heterocycles. The smallest absolute Gasteiger partial charge is 0.328 e. The molecule has 2 aromatic rings. The number of ether oxygens (including phenoxy) is 1. The molecule has 38 heavy (non-hydrogen) atoms. The van der Waals surface area contributed by atoms with Crippen LogP contribution in [-0.4, -0.2) is 82.7 Å². The molecule has 0 amide bonds. The molecule has 10 heteroatoms. The van der Waals surface area contributed by atoms with Crippen molar-refractivity contribution in [3.8, 4) is 5.75 Å². The Morgan fingerprint density at radius 2 is 1.66 bits per heavy atom. The topological polar surface area (TPSA) is 103 Å². The summed E-state index contributed by atoms with van der Waals surface area (Å²) in [4.78, 5) is 28.8. The van der Waals surface area contributed by atoms with Gasteiger partial charge in [-0.25, -0.2) is 19.0 Å². The predicted octanol–water partition coefficient (Wildman–Crippen LogP) is 5.14. The Labute approximate surface area is 227 Å². The summed E-state index contributed by atoms with van der Waals surface area (Å²) in [5.41, 5.74) is 1.01. The number of piperidine rings is 1. The highest BCUT2D eigenvalue weighted by Gasteiger charge is 2.24. The second-order valence-electron chi connectivity index (χ2n) is 8.64. The van der Waals surface area contributed by atoms with Crippen molar-refractivity contribution in [2.75, 3.05) is 39.5 Å². The van der Waals surface area contributed by atoms with Crippen molar-refractivity contribution in [2.45, 2.75) is 31.7 Å². The highest BCUT2D eigenvalue weighted by atomic mass is 32.2. The van der Waals surface area contributed by atoms with Crippen molar-refractivity contribution in [1.29, 1.82) is 0 Å². The zero-order valence-electron chi connectivity index (χ0n) is 21.8. The lowest BCUT2D eigenvalue weighted by atomic mass is 10.0. The number of thioether (sulfide) groups is 1. The molecule has 0 unspecified atom stereocenters. The molecule has 0 radical (unpaired) electrons. The fourth-order valence-corrected chi connectivity index (χ4v) is 4.50. The number of nitrogens with zero attached hydrogens (tertiary/aromatic N) is 3. The quantitative estimate of drug-likeness (QED) is 0.183. The molecule has 0 aromatic heterocycles. The third kappa shape index (κ3) is 12.2. The first-order chi connectivity index (χ1) is 18.3. The molecule has 0 saturated carbocycles. The summed E-state index contributed by atoms with van der Waals surface area (Å²) in [5, 5.41) is 16.7. The normalized spacial score (nSPS) is 14.6. The second kappa shape index (κ2) is 17.2. The van der Waals surface area contributed by atoms with E-state index in [1.54, 1.807) is 23.9 Å². The number of likely N-dealkylation sites (tertiary alicyclic amines) is 1. The van der Waals surface area contributed by atoms with Crippen LogP contribution >= 0.6 is 11.8 Å². The van der Waals surface area contributed by atoms with Crippen LogP contribution in [0, 0.1) is 5.82 Å². The number of halogens is 1. The van der Waals surface area contributed by atoms with E-state index in [-0.39, 0.29) is 5.82 Å². The maximum Gasteiger partial charge on any atom is 0.328 e. The molecule has 1 fully saturated rings. The van der Waals surface area contributed by atoms with Crippen LogP contribution in [0.4, 0.5) is 10.1 Å². The van der Waals surface area contributed by atoms with Gasteiger partial charge in [0.1, 0.15) is 11.6 Å². The molecule has 206 valence electrons. The molecular weight excluding hydrogens is 509 g/mol. The number of unbranched alkanes of at least 4 members (excludes halogenated alkanes) is 1. The van der Waals surface area contributed by atoms with Crippen molar-refractivity contribution in [2.24, 2.45) is 4.99 Å². The van der Waals surface area contributed by atoms with Gasteiger partial charge in [0, 0.05) is 38.3 Å². The van der Waals surface area contributed by atoms with Crippen LogP contribution < -0.4 is 4.74 Å². The predicted molar refractivity (Wildman–Crippen MR) is 150 cm³/mol. The van der Waals surface area contributed by atoms with Crippen LogP contribution in [0.3, 0.4) is 0 Å². The largest absolute Gasteiger partial charge is 0.494 e. The van der Waals surface area contributed by atoms with Crippen LogP contribution in [0.2, 0.25) is 0 Å². The second-order valence-corrected chi connectivity index (χ2v) is 9.41. The monoisotopic (exact) mass is 545 g/mol. The Hall–Kier alpha value is -3.37. The molecule has 0 spiro atoms. The van der Waals surface area contributed by atoms with Crippen molar-refractivity contribution in [3.63, 3.8) is 0 Å². The Balaban J connectivity index is 0.000000550. The van der Waals surface area contributed by atoms with Gasteiger partial charge in [-0.15, -0.1) is 0 Å². The highest BCUT2D eigenvalue weighted by Crippen LogP contribution is 2.22. The summed E-state index contributed by atoms with van der Waals surface area (Å²) in [6, 6.07) is 16.9. The molecule has 3 rings (SSSR count). The first kappa shape index (κ1) is 30.9. The number of aliphatic imine (C=N–C) groups is 1. The van der Waals surface area contributed by atoms with Crippen molar-refractivity contribution < 1.29 is 28.9 Å². The van der Waals surface area contributed by atoms with Gasteiger partial charge in [0.2, 0.25) is 0 Å².